The molecule has 1 rings (SSSR count). The summed E-state index contributed by atoms with van der Waals surface area (Å²) in [5, 5.41) is 4.24. The van der Waals surface area contributed by atoms with Gasteiger partial charge in [0.1, 0.15) is 0 Å². The van der Waals surface area contributed by atoms with Crippen molar-refractivity contribution in [3.63, 3.8) is 0 Å². The first-order valence-electron chi connectivity index (χ1n) is 5.89. The molecule has 0 bridgehead atoms. The van der Waals surface area contributed by atoms with Crippen LogP contribution in [0.4, 0.5) is 0 Å². The molecule has 3 nitrogen and oxygen atoms in total. The summed E-state index contributed by atoms with van der Waals surface area (Å²) in [5.41, 5.74) is 8.04. The molecule has 0 aromatic heterocycles. The fourth-order valence-corrected chi connectivity index (χ4v) is 1.81. The Morgan fingerprint density at radius 2 is 2.12 bits per heavy atom. The van der Waals surface area contributed by atoms with E-state index in [-0.39, 0.29) is 6.04 Å². The molecule has 1 aromatic rings. The van der Waals surface area contributed by atoms with Gasteiger partial charge in [-0.2, -0.15) is 0 Å². The first kappa shape index (κ1) is 14.5. The lowest BCUT2D eigenvalue weighted by Crippen LogP contribution is -2.33. The van der Waals surface area contributed by atoms with Crippen LogP contribution in [-0.4, -0.2) is 38.6 Å². The predicted octanol–water partition coefficient (Wildman–Crippen LogP) is 1.80. The third-order valence-corrected chi connectivity index (χ3v) is 3.19. The summed E-state index contributed by atoms with van der Waals surface area (Å²) < 4.78 is 0. The number of hydrogen-bond acceptors (Lipinski definition) is 3. The quantitative estimate of drug-likeness (QED) is 0.815. The topological polar surface area (TPSA) is 41.3 Å². The number of halogens is 1. The number of benzene rings is 1. The normalized spacial score (nSPS) is 13.1. The second-order valence-electron chi connectivity index (χ2n) is 4.55. The molecule has 96 valence electrons. The van der Waals surface area contributed by atoms with Crippen molar-refractivity contribution in [1.29, 1.82) is 0 Å². The van der Waals surface area contributed by atoms with Crippen LogP contribution in [0.1, 0.15) is 17.2 Å². The number of likely N-dealkylation sites (N-methyl/N-ethyl adjacent to an activating group) is 1. The zero-order valence-electron chi connectivity index (χ0n) is 10.8. The van der Waals surface area contributed by atoms with Crippen molar-refractivity contribution in [1.82, 2.24) is 10.2 Å². The van der Waals surface area contributed by atoms with Crippen LogP contribution in [0.15, 0.2) is 18.2 Å². The lowest BCUT2D eigenvalue weighted by Gasteiger charge is -2.19. The molecule has 0 heterocycles. The van der Waals surface area contributed by atoms with E-state index in [0.29, 0.717) is 6.54 Å². The molecule has 0 aliphatic heterocycles. The standard InChI is InChI=1S/C13H22ClN3/c1-10-4-5-11(8-12(10)14)13(9-15)16-6-7-17(2)3/h4-5,8,13,16H,6-7,9,15H2,1-3H3. The highest BCUT2D eigenvalue weighted by Gasteiger charge is 2.09. The largest absolute Gasteiger partial charge is 0.329 e. The van der Waals surface area contributed by atoms with Crippen molar-refractivity contribution in [2.75, 3.05) is 33.7 Å². The summed E-state index contributed by atoms with van der Waals surface area (Å²) in [5.74, 6) is 0. The van der Waals surface area contributed by atoms with E-state index >= 15 is 0 Å². The fraction of sp³-hybridized carbons (Fsp3) is 0.538. The van der Waals surface area contributed by atoms with Crippen molar-refractivity contribution in [3.05, 3.63) is 34.3 Å². The van der Waals surface area contributed by atoms with Gasteiger partial charge in [0.25, 0.3) is 0 Å². The van der Waals surface area contributed by atoms with Gasteiger partial charge < -0.3 is 16.0 Å². The summed E-state index contributed by atoms with van der Waals surface area (Å²) in [7, 11) is 4.11. The maximum absolute atomic E-state index is 6.12. The average molecular weight is 256 g/mol. The molecule has 1 unspecified atom stereocenters. The number of aryl methyl sites for hydroxylation is 1. The third-order valence-electron chi connectivity index (χ3n) is 2.78. The second-order valence-corrected chi connectivity index (χ2v) is 4.96. The molecule has 0 saturated carbocycles. The van der Waals surface area contributed by atoms with Gasteiger partial charge in [0.05, 0.1) is 0 Å². The maximum Gasteiger partial charge on any atom is 0.0445 e. The Labute approximate surface area is 109 Å². The molecule has 1 atom stereocenters. The summed E-state index contributed by atoms with van der Waals surface area (Å²) in [6.45, 7) is 4.49. The highest BCUT2D eigenvalue weighted by atomic mass is 35.5. The summed E-state index contributed by atoms with van der Waals surface area (Å²) >= 11 is 6.12. The Balaban J connectivity index is 2.62. The SMILES string of the molecule is Cc1ccc(C(CN)NCCN(C)C)cc1Cl. The number of nitrogens with one attached hydrogen (secondary N) is 1. The van der Waals surface area contributed by atoms with Gasteiger partial charge in [-0.3, -0.25) is 0 Å². The van der Waals surface area contributed by atoms with Gasteiger partial charge in [-0.1, -0.05) is 23.7 Å². The van der Waals surface area contributed by atoms with Gasteiger partial charge in [-0.25, -0.2) is 0 Å². The smallest absolute Gasteiger partial charge is 0.0445 e. The van der Waals surface area contributed by atoms with E-state index in [1.54, 1.807) is 0 Å². The predicted molar refractivity (Wildman–Crippen MR) is 74.5 cm³/mol. The van der Waals surface area contributed by atoms with Crippen LogP contribution in [0, 0.1) is 6.92 Å². The zero-order valence-corrected chi connectivity index (χ0v) is 11.6. The minimum Gasteiger partial charge on any atom is -0.329 e. The van der Waals surface area contributed by atoms with E-state index in [4.69, 9.17) is 17.3 Å². The van der Waals surface area contributed by atoms with Crippen molar-refractivity contribution in [2.45, 2.75) is 13.0 Å². The van der Waals surface area contributed by atoms with Crippen LogP contribution < -0.4 is 11.1 Å². The third kappa shape index (κ3) is 4.64. The summed E-state index contributed by atoms with van der Waals surface area (Å²) in [6.07, 6.45) is 0. The van der Waals surface area contributed by atoms with E-state index in [0.717, 1.165) is 29.2 Å². The average Bonchev–Trinajstić information content (AvgIpc) is 2.28. The van der Waals surface area contributed by atoms with Crippen molar-refractivity contribution in [3.8, 4) is 0 Å². The van der Waals surface area contributed by atoms with Gasteiger partial charge in [-0.05, 0) is 38.2 Å². The van der Waals surface area contributed by atoms with Crippen LogP contribution >= 0.6 is 11.6 Å². The lowest BCUT2D eigenvalue weighted by atomic mass is 10.1. The molecule has 17 heavy (non-hydrogen) atoms. The van der Waals surface area contributed by atoms with Gasteiger partial charge >= 0.3 is 0 Å². The van der Waals surface area contributed by atoms with E-state index in [9.17, 15) is 0 Å². The summed E-state index contributed by atoms with van der Waals surface area (Å²) in [6, 6.07) is 6.29. The van der Waals surface area contributed by atoms with Crippen LogP contribution in [-0.2, 0) is 0 Å². The monoisotopic (exact) mass is 255 g/mol. The van der Waals surface area contributed by atoms with Crippen LogP contribution in [0.2, 0.25) is 5.02 Å². The molecule has 0 radical (unpaired) electrons. The van der Waals surface area contributed by atoms with E-state index < -0.39 is 0 Å². The Bertz CT molecular complexity index is 353. The number of nitrogens with zero attached hydrogens (tertiary/aromatic N) is 1. The highest BCUT2D eigenvalue weighted by molar-refractivity contribution is 6.31. The Morgan fingerprint density at radius 3 is 2.65 bits per heavy atom. The number of rotatable bonds is 6. The molecule has 4 heteroatoms. The molecule has 0 fully saturated rings. The molecule has 3 N–H and O–H groups in total. The molecule has 1 aromatic carbocycles. The van der Waals surface area contributed by atoms with Crippen molar-refractivity contribution in [2.24, 2.45) is 5.73 Å². The van der Waals surface area contributed by atoms with Gasteiger partial charge in [0.2, 0.25) is 0 Å². The van der Waals surface area contributed by atoms with E-state index in [1.165, 1.54) is 0 Å². The van der Waals surface area contributed by atoms with E-state index in [1.807, 2.05) is 19.1 Å². The first-order chi connectivity index (χ1) is 8.04. The van der Waals surface area contributed by atoms with Crippen LogP contribution in [0.3, 0.4) is 0 Å². The van der Waals surface area contributed by atoms with Gasteiger partial charge in [0.15, 0.2) is 0 Å². The van der Waals surface area contributed by atoms with Crippen LogP contribution in [0.5, 0.6) is 0 Å². The Kier molecular flexibility index (Phi) is 5.92. The molecule has 0 aliphatic carbocycles. The minimum absolute atomic E-state index is 0.174. The molecular weight excluding hydrogens is 234 g/mol. The number of nitrogens with two attached hydrogens (primary N) is 1. The minimum atomic E-state index is 0.174. The van der Waals surface area contributed by atoms with Gasteiger partial charge in [-0.15, -0.1) is 0 Å². The molecule has 0 aliphatic rings. The van der Waals surface area contributed by atoms with Gasteiger partial charge in [0, 0.05) is 30.7 Å². The summed E-state index contributed by atoms with van der Waals surface area (Å²) in [4.78, 5) is 2.14. The lowest BCUT2D eigenvalue weighted by molar-refractivity contribution is 0.385. The number of hydrogen-bond donors (Lipinski definition) is 2. The van der Waals surface area contributed by atoms with Crippen molar-refractivity contribution < 1.29 is 0 Å². The Hall–Kier alpha value is -0.610. The molecular formula is C13H22ClN3. The maximum atomic E-state index is 6.12. The zero-order chi connectivity index (χ0) is 12.8. The van der Waals surface area contributed by atoms with E-state index in [2.05, 4.69) is 30.4 Å². The highest BCUT2D eigenvalue weighted by Crippen LogP contribution is 2.20. The Morgan fingerprint density at radius 1 is 1.41 bits per heavy atom. The van der Waals surface area contributed by atoms with Crippen LogP contribution in [0.25, 0.3) is 0 Å². The van der Waals surface area contributed by atoms with Crippen molar-refractivity contribution >= 4 is 11.6 Å². The molecule has 0 amide bonds. The first-order valence-corrected chi connectivity index (χ1v) is 6.26. The fourth-order valence-electron chi connectivity index (χ4n) is 1.63. The molecule has 0 spiro atoms. The second kappa shape index (κ2) is 6.97. The molecule has 0 saturated heterocycles.